The van der Waals surface area contributed by atoms with Crippen LogP contribution >= 0.6 is 0 Å². The van der Waals surface area contributed by atoms with E-state index in [1.807, 2.05) is 0 Å². The number of benzene rings is 1. The number of hydrogen-bond donors (Lipinski definition) is 2. The van der Waals surface area contributed by atoms with Crippen molar-refractivity contribution in [1.29, 1.82) is 0 Å². The van der Waals surface area contributed by atoms with Crippen LogP contribution in [0.5, 0.6) is 0 Å². The molecule has 0 saturated carbocycles. The Morgan fingerprint density at radius 3 is 2.62 bits per heavy atom. The molecule has 0 spiro atoms. The molecule has 0 fully saturated rings. The molecule has 0 aliphatic heterocycles. The lowest BCUT2D eigenvalue weighted by Crippen LogP contribution is -2.11. The third kappa shape index (κ3) is 1.74. The van der Waals surface area contributed by atoms with Crippen LogP contribution in [-0.4, -0.2) is 4.98 Å². The smallest absolute Gasteiger partial charge is 0.143 e. The van der Waals surface area contributed by atoms with Gasteiger partial charge in [-0.25, -0.2) is 10.8 Å². The topological polar surface area (TPSA) is 50.9 Å². The molecule has 16 heavy (non-hydrogen) atoms. The second-order valence-corrected chi connectivity index (χ2v) is 4.15. The normalized spacial score (nSPS) is 10.8. The number of aryl methyl sites for hydroxylation is 3. The van der Waals surface area contributed by atoms with E-state index in [0.29, 0.717) is 0 Å². The maximum Gasteiger partial charge on any atom is 0.143 e. The molecule has 2 aromatic rings. The molecule has 1 heterocycles. The van der Waals surface area contributed by atoms with Crippen LogP contribution in [0.15, 0.2) is 18.2 Å². The van der Waals surface area contributed by atoms with Crippen LogP contribution in [0.2, 0.25) is 0 Å². The molecule has 0 unspecified atom stereocenters. The van der Waals surface area contributed by atoms with E-state index in [2.05, 4.69) is 49.4 Å². The summed E-state index contributed by atoms with van der Waals surface area (Å²) in [5.74, 6) is 6.26. The lowest BCUT2D eigenvalue weighted by molar-refractivity contribution is 1.10. The third-order valence-electron chi connectivity index (χ3n) is 2.85. The molecule has 0 saturated heterocycles. The lowest BCUT2D eigenvalue weighted by atomic mass is 10.0. The molecule has 0 bridgehead atoms. The first-order chi connectivity index (χ1) is 7.65. The summed E-state index contributed by atoms with van der Waals surface area (Å²) in [5, 5.41) is 1.19. The highest BCUT2D eigenvalue weighted by atomic mass is 15.2. The van der Waals surface area contributed by atoms with Gasteiger partial charge >= 0.3 is 0 Å². The van der Waals surface area contributed by atoms with Gasteiger partial charge in [-0.05, 0) is 43.5 Å². The number of nitrogens with one attached hydrogen (secondary N) is 1. The number of nitrogen functional groups attached to an aromatic ring is 1. The number of aromatic nitrogens is 1. The standard InChI is InChI=1S/C13H17N3/c1-4-10-7-11-6-8(2)5-9(3)12(11)15-13(10)16-14/h5-7H,4,14H2,1-3H3,(H,15,16). The fourth-order valence-corrected chi connectivity index (χ4v) is 2.09. The fourth-order valence-electron chi connectivity index (χ4n) is 2.09. The number of hydrazine groups is 1. The SMILES string of the molecule is CCc1cc2cc(C)cc(C)c2nc1NN. The van der Waals surface area contributed by atoms with Gasteiger partial charge in [0.2, 0.25) is 0 Å². The van der Waals surface area contributed by atoms with E-state index in [4.69, 9.17) is 5.84 Å². The van der Waals surface area contributed by atoms with Crippen LogP contribution in [0.25, 0.3) is 10.9 Å². The summed E-state index contributed by atoms with van der Waals surface area (Å²) in [6.45, 7) is 6.29. The van der Waals surface area contributed by atoms with Crippen LogP contribution in [0.3, 0.4) is 0 Å². The van der Waals surface area contributed by atoms with Gasteiger partial charge in [0.25, 0.3) is 0 Å². The molecular weight excluding hydrogens is 198 g/mol. The Morgan fingerprint density at radius 2 is 2.00 bits per heavy atom. The molecule has 84 valence electrons. The zero-order valence-electron chi connectivity index (χ0n) is 9.96. The van der Waals surface area contributed by atoms with Crippen molar-refractivity contribution in [1.82, 2.24) is 4.98 Å². The molecule has 3 heteroatoms. The van der Waals surface area contributed by atoms with Gasteiger partial charge < -0.3 is 5.43 Å². The largest absolute Gasteiger partial charge is 0.308 e. The van der Waals surface area contributed by atoms with Gasteiger partial charge in [-0.1, -0.05) is 18.6 Å². The van der Waals surface area contributed by atoms with Crippen LogP contribution in [-0.2, 0) is 6.42 Å². The van der Waals surface area contributed by atoms with Crippen LogP contribution in [0, 0.1) is 13.8 Å². The van der Waals surface area contributed by atoms with Gasteiger partial charge in [0.05, 0.1) is 5.52 Å². The summed E-state index contributed by atoms with van der Waals surface area (Å²) in [5.41, 5.74) is 7.30. The van der Waals surface area contributed by atoms with Crippen molar-refractivity contribution in [3.8, 4) is 0 Å². The van der Waals surface area contributed by atoms with E-state index in [1.165, 1.54) is 16.5 Å². The summed E-state index contributed by atoms with van der Waals surface area (Å²) in [6, 6.07) is 6.47. The van der Waals surface area contributed by atoms with Gasteiger partial charge in [0.1, 0.15) is 5.82 Å². The molecular formula is C13H17N3. The maximum atomic E-state index is 5.48. The lowest BCUT2D eigenvalue weighted by Gasteiger charge is -2.10. The molecule has 1 aromatic carbocycles. The Kier molecular flexibility index (Phi) is 2.79. The Bertz CT molecular complexity index is 532. The maximum absolute atomic E-state index is 5.48. The van der Waals surface area contributed by atoms with Crippen LogP contribution < -0.4 is 11.3 Å². The highest BCUT2D eigenvalue weighted by Crippen LogP contribution is 2.24. The van der Waals surface area contributed by atoms with Crippen molar-refractivity contribution in [3.05, 3.63) is 34.9 Å². The molecule has 2 rings (SSSR count). The van der Waals surface area contributed by atoms with E-state index in [9.17, 15) is 0 Å². The molecule has 3 nitrogen and oxygen atoms in total. The summed E-state index contributed by atoms with van der Waals surface area (Å²) in [7, 11) is 0. The van der Waals surface area contributed by atoms with E-state index in [1.54, 1.807) is 0 Å². The van der Waals surface area contributed by atoms with Crippen molar-refractivity contribution in [2.24, 2.45) is 5.84 Å². The zero-order chi connectivity index (χ0) is 11.7. The van der Waals surface area contributed by atoms with Crippen molar-refractivity contribution in [2.75, 3.05) is 5.43 Å². The predicted molar refractivity (Wildman–Crippen MR) is 68.4 cm³/mol. The minimum atomic E-state index is 0.780. The average Bonchev–Trinajstić information content (AvgIpc) is 2.27. The highest BCUT2D eigenvalue weighted by Gasteiger charge is 2.06. The quantitative estimate of drug-likeness (QED) is 0.598. The first-order valence-corrected chi connectivity index (χ1v) is 5.53. The van der Waals surface area contributed by atoms with Crippen LogP contribution in [0.1, 0.15) is 23.6 Å². The van der Waals surface area contributed by atoms with Gasteiger partial charge in [0, 0.05) is 5.39 Å². The number of pyridine rings is 1. The number of hydrogen-bond acceptors (Lipinski definition) is 3. The molecule has 0 amide bonds. The monoisotopic (exact) mass is 215 g/mol. The Morgan fingerprint density at radius 1 is 1.25 bits per heavy atom. The van der Waals surface area contributed by atoms with Crippen molar-refractivity contribution in [2.45, 2.75) is 27.2 Å². The first-order valence-electron chi connectivity index (χ1n) is 5.53. The van der Waals surface area contributed by atoms with Gasteiger partial charge in [0.15, 0.2) is 0 Å². The summed E-state index contributed by atoms with van der Waals surface area (Å²) >= 11 is 0. The number of anilines is 1. The third-order valence-corrected chi connectivity index (χ3v) is 2.85. The minimum Gasteiger partial charge on any atom is -0.308 e. The van der Waals surface area contributed by atoms with Crippen molar-refractivity contribution >= 4 is 16.7 Å². The Hall–Kier alpha value is -1.61. The first kappa shape index (κ1) is 10.9. The molecule has 0 radical (unpaired) electrons. The summed E-state index contributed by atoms with van der Waals surface area (Å²) in [6.07, 6.45) is 0.926. The molecule has 0 atom stereocenters. The number of fused-ring (bicyclic) bond motifs is 1. The van der Waals surface area contributed by atoms with Gasteiger partial charge in [-0.3, -0.25) is 0 Å². The number of nitrogens with zero attached hydrogens (tertiary/aromatic N) is 1. The van der Waals surface area contributed by atoms with Gasteiger partial charge in [-0.2, -0.15) is 0 Å². The summed E-state index contributed by atoms with van der Waals surface area (Å²) < 4.78 is 0. The van der Waals surface area contributed by atoms with Crippen molar-refractivity contribution < 1.29 is 0 Å². The second kappa shape index (κ2) is 4.10. The Labute approximate surface area is 95.7 Å². The van der Waals surface area contributed by atoms with E-state index >= 15 is 0 Å². The Balaban J connectivity index is 2.78. The molecule has 3 N–H and O–H groups in total. The molecule has 1 aromatic heterocycles. The predicted octanol–water partition coefficient (Wildman–Crippen LogP) is 2.70. The zero-order valence-corrected chi connectivity index (χ0v) is 9.96. The number of rotatable bonds is 2. The molecule has 0 aliphatic carbocycles. The van der Waals surface area contributed by atoms with Crippen LogP contribution in [0.4, 0.5) is 5.82 Å². The average molecular weight is 215 g/mol. The molecule has 0 aliphatic rings. The van der Waals surface area contributed by atoms with E-state index in [-0.39, 0.29) is 0 Å². The minimum absolute atomic E-state index is 0.780. The van der Waals surface area contributed by atoms with E-state index in [0.717, 1.165) is 23.3 Å². The fraction of sp³-hybridized carbons (Fsp3) is 0.308. The van der Waals surface area contributed by atoms with Gasteiger partial charge in [-0.15, -0.1) is 0 Å². The highest BCUT2D eigenvalue weighted by molar-refractivity contribution is 5.85. The van der Waals surface area contributed by atoms with Crippen molar-refractivity contribution in [3.63, 3.8) is 0 Å². The van der Waals surface area contributed by atoms with E-state index < -0.39 is 0 Å². The number of nitrogens with two attached hydrogens (primary N) is 1. The summed E-state index contributed by atoms with van der Waals surface area (Å²) in [4.78, 5) is 4.57. The second-order valence-electron chi connectivity index (χ2n) is 4.15.